The quantitative estimate of drug-likeness (QED) is 0.182. The highest BCUT2D eigenvalue weighted by Crippen LogP contribution is 2.71. The molecule has 0 unspecified atom stereocenters. The second-order valence-corrected chi connectivity index (χ2v) is 18.0. The van der Waals surface area contributed by atoms with E-state index in [-0.39, 0.29) is 0 Å². The average molecular weight is 676 g/mol. The van der Waals surface area contributed by atoms with Gasteiger partial charge in [0.15, 0.2) is 0 Å². The van der Waals surface area contributed by atoms with Crippen molar-refractivity contribution in [3.05, 3.63) is 176 Å². The third-order valence-electron chi connectivity index (χ3n) is 10.7. The summed E-state index contributed by atoms with van der Waals surface area (Å²) in [6.45, 7) is 0. The molecule has 4 heteroatoms. The van der Waals surface area contributed by atoms with E-state index in [2.05, 4.69) is 163 Å². The molecular weight excluding hydrogens is 647 g/mol. The molecule has 3 heterocycles. The van der Waals surface area contributed by atoms with Crippen LogP contribution in [0.2, 0.25) is 0 Å². The number of hydrogen-bond donors (Lipinski definition) is 0. The Hall–Kier alpha value is -5.68. The first kappa shape index (κ1) is 28.2. The molecule has 50 heavy (non-hydrogen) atoms. The van der Waals surface area contributed by atoms with Crippen molar-refractivity contribution in [3.63, 3.8) is 0 Å². The summed E-state index contributed by atoms with van der Waals surface area (Å²) >= 11 is 1.82. The second kappa shape index (κ2) is 9.95. The van der Waals surface area contributed by atoms with E-state index in [9.17, 15) is 0 Å². The summed E-state index contributed by atoms with van der Waals surface area (Å²) in [4.78, 5) is 8.51. The van der Waals surface area contributed by atoms with Crippen LogP contribution >= 0.6 is 11.8 Å². The third-order valence-corrected chi connectivity index (χ3v) is 16.7. The summed E-state index contributed by atoms with van der Waals surface area (Å²) in [6.07, 6.45) is 0. The molecule has 11 rings (SSSR count). The predicted molar refractivity (Wildman–Crippen MR) is 207 cm³/mol. The molecule has 2 nitrogen and oxygen atoms in total. The van der Waals surface area contributed by atoms with Gasteiger partial charge in [0, 0.05) is 44.0 Å². The van der Waals surface area contributed by atoms with Gasteiger partial charge in [0.05, 0.1) is 17.1 Å². The van der Waals surface area contributed by atoms with Crippen molar-refractivity contribution < 1.29 is 4.21 Å². The maximum atomic E-state index is 16.9. The van der Waals surface area contributed by atoms with Gasteiger partial charge in [-0.15, -0.1) is 0 Å². The summed E-state index contributed by atoms with van der Waals surface area (Å²) in [5.74, 6) is 0. The highest BCUT2D eigenvalue weighted by atomic mass is 32.3. The summed E-state index contributed by atoms with van der Waals surface area (Å²) < 4.78 is 16.9. The Balaban J connectivity index is 1.22. The molecule has 3 aliphatic heterocycles. The van der Waals surface area contributed by atoms with Gasteiger partial charge in [0.25, 0.3) is 0 Å². The van der Waals surface area contributed by atoms with E-state index in [4.69, 9.17) is 0 Å². The van der Waals surface area contributed by atoms with E-state index in [1.807, 2.05) is 30.0 Å². The van der Waals surface area contributed by atoms with Crippen molar-refractivity contribution in [3.8, 4) is 33.4 Å². The van der Waals surface area contributed by atoms with Crippen LogP contribution in [0.3, 0.4) is 0 Å². The van der Waals surface area contributed by atoms with Crippen molar-refractivity contribution in [2.75, 3.05) is 4.90 Å². The van der Waals surface area contributed by atoms with E-state index in [0.29, 0.717) is 0 Å². The summed E-state index contributed by atoms with van der Waals surface area (Å²) in [5, 5.41) is 2.37. The fraction of sp³-hybridized carbons (Fsp3) is 0. The molecule has 8 aromatic carbocycles. The Morgan fingerprint density at radius 2 is 0.840 bits per heavy atom. The molecule has 8 aromatic rings. The summed E-state index contributed by atoms with van der Waals surface area (Å²) in [7, 11) is -3.89. The number of benzene rings is 8. The van der Waals surface area contributed by atoms with E-state index < -0.39 is 9.07 Å². The number of nitrogens with zero attached hydrogens (tertiary/aromatic N) is 1. The lowest BCUT2D eigenvalue weighted by molar-refractivity contribution is 0.658. The van der Waals surface area contributed by atoms with Crippen molar-refractivity contribution in [1.82, 2.24) is 0 Å². The van der Waals surface area contributed by atoms with Gasteiger partial charge in [-0.25, -0.2) is 0 Å². The minimum atomic E-state index is -3.89. The van der Waals surface area contributed by atoms with Gasteiger partial charge in [-0.2, -0.15) is 0 Å². The fourth-order valence-corrected chi connectivity index (χ4v) is 14.9. The SMILES string of the molecule is O=S12(c3ccccc3-c3ccccc31)c1ccccc1-c1cc(-c3cc4ccccc4cc3N3c4ccccc4Sc4ccccc43)ccc12. The van der Waals surface area contributed by atoms with Crippen LogP contribution in [0, 0.1) is 0 Å². The Morgan fingerprint density at radius 3 is 1.44 bits per heavy atom. The van der Waals surface area contributed by atoms with Gasteiger partial charge in [-0.3, -0.25) is 4.21 Å². The maximum Gasteiger partial charge on any atom is 0.0601 e. The van der Waals surface area contributed by atoms with Gasteiger partial charge in [0.1, 0.15) is 0 Å². The molecule has 0 radical (unpaired) electrons. The molecule has 236 valence electrons. The highest BCUT2D eigenvalue weighted by molar-refractivity contribution is 8.21. The van der Waals surface area contributed by atoms with E-state index in [0.717, 1.165) is 58.7 Å². The topological polar surface area (TPSA) is 20.3 Å². The van der Waals surface area contributed by atoms with Crippen LogP contribution < -0.4 is 4.90 Å². The predicted octanol–water partition coefficient (Wildman–Crippen LogP) is 12.8. The van der Waals surface area contributed by atoms with E-state index in [1.165, 1.54) is 31.9 Å². The van der Waals surface area contributed by atoms with Crippen LogP contribution in [-0.2, 0) is 9.07 Å². The van der Waals surface area contributed by atoms with Gasteiger partial charge < -0.3 is 4.90 Å². The highest BCUT2D eigenvalue weighted by Gasteiger charge is 2.57. The lowest BCUT2D eigenvalue weighted by Gasteiger charge is -2.38. The van der Waals surface area contributed by atoms with Crippen molar-refractivity contribution >= 4 is 48.7 Å². The number of fused-ring (bicyclic) bond motifs is 13. The molecule has 0 N–H and O–H groups in total. The zero-order valence-electron chi connectivity index (χ0n) is 26.9. The summed E-state index contributed by atoms with van der Waals surface area (Å²) in [6, 6.07) is 62.3. The number of para-hydroxylation sites is 2. The van der Waals surface area contributed by atoms with Gasteiger partial charge in [-0.1, -0.05) is 121 Å². The Bertz CT molecular complexity index is 2740. The van der Waals surface area contributed by atoms with Gasteiger partial charge in [-0.05, 0) is 105 Å². The molecule has 0 fully saturated rings. The maximum absolute atomic E-state index is 16.9. The molecule has 0 aliphatic carbocycles. The molecule has 0 bridgehead atoms. The zero-order valence-corrected chi connectivity index (χ0v) is 28.5. The van der Waals surface area contributed by atoms with Crippen LogP contribution in [0.1, 0.15) is 0 Å². The molecule has 0 atom stereocenters. The third kappa shape index (κ3) is 3.42. The van der Waals surface area contributed by atoms with Crippen LogP contribution in [-0.4, -0.2) is 4.21 Å². The minimum absolute atomic E-state index is 0.900. The molecule has 3 aliphatic rings. The Labute approximate surface area is 295 Å². The molecule has 0 aromatic heterocycles. The van der Waals surface area contributed by atoms with Crippen LogP contribution in [0.4, 0.5) is 17.1 Å². The minimum Gasteiger partial charge on any atom is -0.308 e. The smallest absolute Gasteiger partial charge is 0.0601 e. The van der Waals surface area contributed by atoms with Crippen molar-refractivity contribution in [2.24, 2.45) is 0 Å². The number of hydrogen-bond acceptors (Lipinski definition) is 3. The first-order valence-corrected chi connectivity index (χ1v) is 19.7. The zero-order chi connectivity index (χ0) is 33.1. The molecule has 0 saturated carbocycles. The largest absolute Gasteiger partial charge is 0.308 e. The fourth-order valence-electron chi connectivity index (χ4n) is 8.65. The van der Waals surface area contributed by atoms with Crippen LogP contribution in [0.25, 0.3) is 44.2 Å². The Kier molecular flexibility index (Phi) is 5.61. The van der Waals surface area contributed by atoms with Crippen LogP contribution in [0.5, 0.6) is 0 Å². The lowest BCUT2D eigenvalue weighted by Crippen LogP contribution is -2.29. The van der Waals surface area contributed by atoms with Crippen molar-refractivity contribution in [1.29, 1.82) is 0 Å². The normalized spacial score (nSPS) is 16.0. The first-order valence-electron chi connectivity index (χ1n) is 16.9. The van der Waals surface area contributed by atoms with Crippen LogP contribution in [0.15, 0.2) is 205 Å². The van der Waals surface area contributed by atoms with E-state index in [1.54, 1.807) is 0 Å². The molecular formula is C46H29NOS2. The number of rotatable bonds is 2. The monoisotopic (exact) mass is 675 g/mol. The standard InChI is InChI=1S/C46H29NOS2/c48-50(43-22-10-3-15-33(43)34-16-4-11-23-44(34)50)45-24-12-5-17-35(45)37-28-32(25-26-46(37)50)36-27-30-13-1-2-14-31(30)29-40(36)47-38-18-6-8-20-41(38)49-42-21-9-7-19-39(42)47/h1-29H. The number of anilines is 3. The lowest BCUT2D eigenvalue weighted by atomic mass is 9.94. The van der Waals surface area contributed by atoms with E-state index >= 15 is 4.21 Å². The summed E-state index contributed by atoms with van der Waals surface area (Å²) in [5.41, 5.74) is 9.88. The van der Waals surface area contributed by atoms with Crippen molar-refractivity contribution in [2.45, 2.75) is 29.4 Å². The molecule has 1 spiro atoms. The van der Waals surface area contributed by atoms with Gasteiger partial charge in [0.2, 0.25) is 0 Å². The van der Waals surface area contributed by atoms with Gasteiger partial charge >= 0.3 is 0 Å². The molecule has 0 saturated heterocycles. The first-order chi connectivity index (χ1) is 24.6. The average Bonchev–Trinajstić information content (AvgIpc) is 3.57. The Morgan fingerprint density at radius 1 is 0.380 bits per heavy atom. The molecule has 0 amide bonds. The second-order valence-electron chi connectivity index (χ2n) is 13.2.